The van der Waals surface area contributed by atoms with Crippen LogP contribution >= 0.6 is 11.3 Å². The Balaban J connectivity index is 1.42. The number of thiophene rings is 1. The molecule has 1 heterocycles. The molecule has 4 bridgehead atoms. The Labute approximate surface area is 166 Å². The summed E-state index contributed by atoms with van der Waals surface area (Å²) in [6, 6.07) is 3.35. The number of rotatable bonds is 6. The van der Waals surface area contributed by atoms with Crippen molar-refractivity contribution in [3.8, 4) is 0 Å². The average molecular weight is 389 g/mol. The van der Waals surface area contributed by atoms with Gasteiger partial charge in [0.2, 0.25) is 5.91 Å². The Morgan fingerprint density at radius 1 is 1.04 bits per heavy atom. The number of hydrogen-bond donors (Lipinski definition) is 2. The monoisotopic (exact) mass is 388 g/mol. The van der Waals surface area contributed by atoms with E-state index in [1.807, 2.05) is 25.3 Å². The van der Waals surface area contributed by atoms with E-state index in [1.165, 1.54) is 49.9 Å². The van der Waals surface area contributed by atoms with Crippen LogP contribution in [0, 0.1) is 29.1 Å². The summed E-state index contributed by atoms with van der Waals surface area (Å²) in [6.45, 7) is 6.19. The van der Waals surface area contributed by atoms with Crippen molar-refractivity contribution >= 4 is 23.2 Å². The number of carbonyl (C=O) groups excluding carboxylic acids is 2. The predicted octanol–water partition coefficient (Wildman–Crippen LogP) is 4.22. The Morgan fingerprint density at radius 2 is 1.63 bits per heavy atom. The second-order valence-corrected chi connectivity index (χ2v) is 10.6. The third kappa shape index (κ3) is 3.67. The number of carbonyl (C=O) groups is 2. The first-order chi connectivity index (χ1) is 12.9. The largest absolute Gasteiger partial charge is 0.351 e. The lowest BCUT2D eigenvalue weighted by Crippen LogP contribution is -2.59. The van der Waals surface area contributed by atoms with E-state index in [0.717, 1.165) is 17.8 Å². The zero-order valence-electron chi connectivity index (χ0n) is 16.7. The van der Waals surface area contributed by atoms with Gasteiger partial charge in [-0.3, -0.25) is 9.59 Å². The van der Waals surface area contributed by atoms with Crippen LogP contribution in [0.5, 0.6) is 0 Å². The molecule has 1 aromatic heterocycles. The maximum absolute atomic E-state index is 13.1. The number of nitrogens with one attached hydrogen (secondary N) is 2. The second-order valence-electron chi connectivity index (χ2n) is 9.68. The molecule has 5 rings (SSSR count). The molecular weight excluding hydrogens is 356 g/mol. The molecule has 2 N–H and O–H groups in total. The van der Waals surface area contributed by atoms with Gasteiger partial charge in [-0.1, -0.05) is 19.9 Å². The molecule has 0 saturated heterocycles. The summed E-state index contributed by atoms with van der Waals surface area (Å²) in [5.41, 5.74) is 0.281. The van der Waals surface area contributed by atoms with Crippen molar-refractivity contribution in [2.24, 2.45) is 29.1 Å². The van der Waals surface area contributed by atoms with Gasteiger partial charge in [-0.2, -0.15) is 0 Å². The van der Waals surface area contributed by atoms with Gasteiger partial charge >= 0.3 is 0 Å². The van der Waals surface area contributed by atoms with Crippen LogP contribution in [0.3, 0.4) is 0 Å². The van der Waals surface area contributed by atoms with E-state index in [4.69, 9.17) is 0 Å². The van der Waals surface area contributed by atoms with E-state index >= 15 is 0 Å². The fraction of sp³-hybridized carbons (Fsp3) is 0.727. The highest BCUT2D eigenvalue weighted by Gasteiger charge is 2.53. The zero-order valence-corrected chi connectivity index (χ0v) is 17.5. The molecular formula is C22H32N2O2S. The van der Waals surface area contributed by atoms with Crippen molar-refractivity contribution in [1.29, 1.82) is 0 Å². The minimum absolute atomic E-state index is 0.0295. The zero-order chi connectivity index (χ0) is 19.2. The highest BCUT2D eigenvalue weighted by molar-refractivity contribution is 7.12. The smallest absolute Gasteiger partial charge is 0.262 e. The van der Waals surface area contributed by atoms with Gasteiger partial charge in [0.1, 0.15) is 6.04 Å². The van der Waals surface area contributed by atoms with Crippen molar-refractivity contribution < 1.29 is 9.59 Å². The van der Waals surface area contributed by atoms with Crippen molar-refractivity contribution in [3.63, 3.8) is 0 Å². The van der Waals surface area contributed by atoms with Gasteiger partial charge < -0.3 is 10.6 Å². The minimum Gasteiger partial charge on any atom is -0.351 e. The summed E-state index contributed by atoms with van der Waals surface area (Å²) < 4.78 is 0. The normalized spacial score (nSPS) is 33.7. The third-order valence-electron chi connectivity index (χ3n) is 7.34. The van der Waals surface area contributed by atoms with Crippen molar-refractivity contribution in [1.82, 2.24) is 10.6 Å². The number of hydrogen-bond acceptors (Lipinski definition) is 3. The molecule has 4 aliphatic rings. The standard InChI is InChI=1S/C22H32N2O2S/c1-13(2)19(24-20(25)18-5-4-6-27-18)21(26)23-14(3)22-10-15-7-16(11-22)9-17(8-15)12-22/h4-6,13-17,19H,7-12H2,1-3H3,(H,23,26)(H,24,25)/t14-,15?,16?,17?,19-,22?/m0/s1. The molecule has 5 heteroatoms. The predicted molar refractivity (Wildman–Crippen MR) is 109 cm³/mol. The molecule has 0 aliphatic heterocycles. The molecule has 0 radical (unpaired) electrons. The van der Waals surface area contributed by atoms with E-state index in [9.17, 15) is 9.59 Å². The lowest BCUT2D eigenvalue weighted by Gasteiger charge is -2.59. The highest BCUT2D eigenvalue weighted by Crippen LogP contribution is 2.61. The summed E-state index contributed by atoms with van der Waals surface area (Å²) in [5, 5.41) is 8.16. The van der Waals surface area contributed by atoms with E-state index < -0.39 is 6.04 Å². The van der Waals surface area contributed by atoms with E-state index in [0.29, 0.717) is 4.88 Å². The van der Waals surface area contributed by atoms with Gasteiger partial charge in [0.15, 0.2) is 0 Å². The van der Waals surface area contributed by atoms with Gasteiger partial charge in [0.05, 0.1) is 4.88 Å². The van der Waals surface area contributed by atoms with Gasteiger partial charge in [0.25, 0.3) is 5.91 Å². The molecule has 4 fully saturated rings. The second kappa shape index (κ2) is 7.23. The maximum atomic E-state index is 13.1. The fourth-order valence-electron chi connectivity index (χ4n) is 6.32. The molecule has 1 aromatic rings. The van der Waals surface area contributed by atoms with Crippen LogP contribution in [0.25, 0.3) is 0 Å². The summed E-state index contributed by atoms with van der Waals surface area (Å²) >= 11 is 1.41. The minimum atomic E-state index is -0.490. The summed E-state index contributed by atoms with van der Waals surface area (Å²) in [4.78, 5) is 26.2. The van der Waals surface area contributed by atoms with E-state index in [1.54, 1.807) is 6.07 Å². The van der Waals surface area contributed by atoms with Crippen LogP contribution in [0.2, 0.25) is 0 Å². The average Bonchev–Trinajstić information content (AvgIpc) is 3.12. The molecule has 27 heavy (non-hydrogen) atoms. The molecule has 4 nitrogen and oxygen atoms in total. The van der Waals surface area contributed by atoms with Crippen LogP contribution in [-0.4, -0.2) is 23.9 Å². The fourth-order valence-corrected chi connectivity index (χ4v) is 6.95. The van der Waals surface area contributed by atoms with Crippen LogP contribution < -0.4 is 10.6 Å². The molecule has 0 spiro atoms. The summed E-state index contributed by atoms with van der Waals surface area (Å²) in [7, 11) is 0. The summed E-state index contributed by atoms with van der Waals surface area (Å²) in [6.07, 6.45) is 8.04. The highest BCUT2D eigenvalue weighted by atomic mass is 32.1. The van der Waals surface area contributed by atoms with E-state index in [-0.39, 0.29) is 29.2 Å². The van der Waals surface area contributed by atoms with Gasteiger partial charge in [-0.15, -0.1) is 11.3 Å². The first kappa shape index (κ1) is 19.0. The van der Waals surface area contributed by atoms with Crippen molar-refractivity contribution in [3.05, 3.63) is 22.4 Å². The lowest BCUT2D eigenvalue weighted by molar-refractivity contribution is -0.128. The molecule has 2 atom stereocenters. The Bertz CT molecular complexity index is 662. The SMILES string of the molecule is CC(C)[C@H](NC(=O)c1cccs1)C(=O)N[C@@H](C)C12CC3CC(CC(C3)C1)C2. The molecule has 4 saturated carbocycles. The van der Waals surface area contributed by atoms with Crippen LogP contribution in [-0.2, 0) is 4.79 Å². The maximum Gasteiger partial charge on any atom is 0.262 e. The van der Waals surface area contributed by atoms with Crippen LogP contribution in [0.15, 0.2) is 17.5 Å². The first-order valence-corrected chi connectivity index (χ1v) is 11.4. The van der Waals surface area contributed by atoms with E-state index in [2.05, 4.69) is 17.6 Å². The summed E-state index contributed by atoms with van der Waals surface area (Å²) in [5.74, 6) is 2.48. The third-order valence-corrected chi connectivity index (χ3v) is 8.21. The first-order valence-electron chi connectivity index (χ1n) is 10.5. The van der Waals surface area contributed by atoms with Crippen molar-refractivity contribution in [2.45, 2.75) is 71.4 Å². The Hall–Kier alpha value is -1.36. The van der Waals surface area contributed by atoms with Crippen molar-refractivity contribution in [2.75, 3.05) is 0 Å². The molecule has 148 valence electrons. The molecule has 0 aromatic carbocycles. The van der Waals surface area contributed by atoms with Gasteiger partial charge in [-0.05, 0) is 86.0 Å². The molecule has 4 aliphatic carbocycles. The molecule has 2 amide bonds. The number of amides is 2. The topological polar surface area (TPSA) is 58.2 Å². The quantitative estimate of drug-likeness (QED) is 0.766. The lowest BCUT2D eigenvalue weighted by atomic mass is 9.48. The van der Waals surface area contributed by atoms with Crippen LogP contribution in [0.4, 0.5) is 0 Å². The Morgan fingerprint density at radius 3 is 2.11 bits per heavy atom. The van der Waals surface area contributed by atoms with Gasteiger partial charge in [0, 0.05) is 6.04 Å². The van der Waals surface area contributed by atoms with Gasteiger partial charge in [-0.25, -0.2) is 0 Å². The Kier molecular flexibility index (Phi) is 5.08. The van der Waals surface area contributed by atoms with Crippen LogP contribution in [0.1, 0.15) is 69.0 Å². The molecule has 0 unspecified atom stereocenters.